The maximum absolute atomic E-state index is 11.0. The molecule has 1 aliphatic carbocycles. The summed E-state index contributed by atoms with van der Waals surface area (Å²) in [5.74, 6) is 0.708. The monoisotopic (exact) mass is 264 g/mol. The SMILES string of the molecule is CC1CCCCC1(CN)Nc1ncccc1[N+](=O)[O-]. The zero-order valence-electron chi connectivity index (χ0n) is 11.1. The number of rotatable bonds is 4. The van der Waals surface area contributed by atoms with Gasteiger partial charge in [-0.05, 0) is 24.8 Å². The first kappa shape index (κ1) is 13.7. The van der Waals surface area contributed by atoms with Crippen LogP contribution in [0.5, 0.6) is 0 Å². The van der Waals surface area contributed by atoms with Crippen LogP contribution >= 0.6 is 0 Å². The molecule has 2 rings (SSSR count). The summed E-state index contributed by atoms with van der Waals surface area (Å²) in [6, 6.07) is 3.04. The smallest absolute Gasteiger partial charge is 0.311 e. The number of hydrogen-bond acceptors (Lipinski definition) is 5. The lowest BCUT2D eigenvalue weighted by Crippen LogP contribution is -2.52. The molecule has 0 bridgehead atoms. The van der Waals surface area contributed by atoms with Crippen LogP contribution in [0.25, 0.3) is 0 Å². The van der Waals surface area contributed by atoms with E-state index in [2.05, 4.69) is 17.2 Å². The van der Waals surface area contributed by atoms with Crippen LogP contribution in [0, 0.1) is 16.0 Å². The molecule has 3 N–H and O–H groups in total. The molecule has 2 atom stereocenters. The average Bonchev–Trinajstić information content (AvgIpc) is 2.42. The summed E-state index contributed by atoms with van der Waals surface area (Å²) in [6.07, 6.45) is 5.86. The van der Waals surface area contributed by atoms with Gasteiger partial charge in [-0.2, -0.15) is 0 Å². The Hall–Kier alpha value is -1.69. The molecule has 0 aliphatic heterocycles. The molecule has 104 valence electrons. The molecule has 1 aromatic rings. The molecular formula is C13H20N4O2. The quantitative estimate of drug-likeness (QED) is 0.642. The van der Waals surface area contributed by atoms with E-state index in [4.69, 9.17) is 5.73 Å². The number of nitrogens with two attached hydrogens (primary N) is 1. The number of nitrogens with one attached hydrogen (secondary N) is 1. The van der Waals surface area contributed by atoms with Crippen molar-refractivity contribution in [2.45, 2.75) is 38.1 Å². The fourth-order valence-electron chi connectivity index (χ4n) is 2.83. The van der Waals surface area contributed by atoms with Crippen LogP contribution in [0.4, 0.5) is 11.5 Å². The third-order valence-corrected chi connectivity index (χ3v) is 4.17. The third kappa shape index (κ3) is 2.68. The van der Waals surface area contributed by atoms with Gasteiger partial charge in [-0.1, -0.05) is 19.8 Å². The second-order valence-corrected chi connectivity index (χ2v) is 5.26. The molecule has 1 saturated carbocycles. The summed E-state index contributed by atoms with van der Waals surface area (Å²) >= 11 is 0. The van der Waals surface area contributed by atoms with Crippen LogP contribution in [0.1, 0.15) is 32.6 Å². The van der Waals surface area contributed by atoms with E-state index in [0.717, 1.165) is 19.3 Å². The summed E-state index contributed by atoms with van der Waals surface area (Å²) in [7, 11) is 0. The fourth-order valence-corrected chi connectivity index (χ4v) is 2.83. The van der Waals surface area contributed by atoms with Gasteiger partial charge in [-0.3, -0.25) is 10.1 Å². The Labute approximate surface area is 112 Å². The first-order chi connectivity index (χ1) is 9.09. The van der Waals surface area contributed by atoms with Gasteiger partial charge in [0, 0.05) is 18.8 Å². The molecule has 1 heterocycles. The lowest BCUT2D eigenvalue weighted by atomic mass is 9.73. The van der Waals surface area contributed by atoms with Crippen molar-refractivity contribution in [1.82, 2.24) is 4.98 Å². The van der Waals surface area contributed by atoms with Crippen molar-refractivity contribution >= 4 is 11.5 Å². The summed E-state index contributed by atoms with van der Waals surface area (Å²) < 4.78 is 0. The van der Waals surface area contributed by atoms with Crippen molar-refractivity contribution in [3.63, 3.8) is 0 Å². The van der Waals surface area contributed by atoms with Gasteiger partial charge in [0.05, 0.1) is 10.5 Å². The van der Waals surface area contributed by atoms with Crippen molar-refractivity contribution in [2.24, 2.45) is 11.7 Å². The minimum absolute atomic E-state index is 0.00750. The van der Waals surface area contributed by atoms with E-state index in [1.165, 1.54) is 12.5 Å². The predicted octanol–water partition coefficient (Wildman–Crippen LogP) is 2.31. The lowest BCUT2D eigenvalue weighted by molar-refractivity contribution is -0.384. The Balaban J connectivity index is 2.30. The largest absolute Gasteiger partial charge is 0.357 e. The minimum atomic E-state index is -0.410. The molecule has 0 saturated heterocycles. The van der Waals surface area contributed by atoms with E-state index in [-0.39, 0.29) is 11.2 Å². The maximum atomic E-state index is 11.0. The Morgan fingerprint density at radius 1 is 1.63 bits per heavy atom. The normalized spacial score (nSPS) is 26.9. The zero-order chi connectivity index (χ0) is 13.9. The van der Waals surface area contributed by atoms with Gasteiger partial charge in [-0.25, -0.2) is 4.98 Å². The second-order valence-electron chi connectivity index (χ2n) is 5.26. The van der Waals surface area contributed by atoms with Gasteiger partial charge in [0.15, 0.2) is 0 Å². The van der Waals surface area contributed by atoms with E-state index in [1.54, 1.807) is 12.3 Å². The topological polar surface area (TPSA) is 94.1 Å². The average molecular weight is 264 g/mol. The van der Waals surface area contributed by atoms with Crippen LogP contribution in [-0.2, 0) is 0 Å². The molecule has 1 fully saturated rings. The highest BCUT2D eigenvalue weighted by Crippen LogP contribution is 2.37. The van der Waals surface area contributed by atoms with Crippen LogP contribution in [-0.4, -0.2) is 22.0 Å². The number of anilines is 1. The summed E-state index contributed by atoms with van der Waals surface area (Å²) in [4.78, 5) is 14.7. The van der Waals surface area contributed by atoms with E-state index in [9.17, 15) is 10.1 Å². The van der Waals surface area contributed by atoms with Gasteiger partial charge in [-0.15, -0.1) is 0 Å². The molecular weight excluding hydrogens is 244 g/mol. The second kappa shape index (κ2) is 5.52. The lowest BCUT2D eigenvalue weighted by Gasteiger charge is -2.42. The first-order valence-electron chi connectivity index (χ1n) is 6.67. The van der Waals surface area contributed by atoms with Crippen LogP contribution in [0.2, 0.25) is 0 Å². The van der Waals surface area contributed by atoms with Crippen LogP contribution in [0.3, 0.4) is 0 Å². The highest BCUT2D eigenvalue weighted by Gasteiger charge is 2.38. The molecule has 19 heavy (non-hydrogen) atoms. The van der Waals surface area contributed by atoms with Crippen molar-refractivity contribution < 1.29 is 4.92 Å². The standard InChI is InChI=1S/C13H20N4O2/c1-10-5-2-3-7-13(10,9-14)16-12-11(17(18)19)6-4-8-15-12/h4,6,8,10H,2-3,5,7,9,14H2,1H3,(H,15,16). The van der Waals surface area contributed by atoms with E-state index < -0.39 is 4.92 Å². The third-order valence-electron chi connectivity index (χ3n) is 4.17. The summed E-state index contributed by atoms with van der Waals surface area (Å²) in [5, 5.41) is 14.3. The highest BCUT2D eigenvalue weighted by atomic mass is 16.6. The predicted molar refractivity (Wildman–Crippen MR) is 73.9 cm³/mol. The Morgan fingerprint density at radius 2 is 2.42 bits per heavy atom. The Bertz CT molecular complexity index is 466. The number of hydrogen-bond donors (Lipinski definition) is 2. The van der Waals surface area contributed by atoms with Crippen molar-refractivity contribution in [3.05, 3.63) is 28.4 Å². The molecule has 0 spiro atoms. The molecule has 2 unspecified atom stereocenters. The summed E-state index contributed by atoms with van der Waals surface area (Å²) in [5.41, 5.74) is 5.67. The van der Waals surface area contributed by atoms with Crippen molar-refractivity contribution in [2.75, 3.05) is 11.9 Å². The summed E-state index contributed by atoms with van der Waals surface area (Å²) in [6.45, 7) is 2.61. The van der Waals surface area contributed by atoms with E-state index in [0.29, 0.717) is 18.3 Å². The molecule has 1 aliphatic rings. The number of nitrogens with zero attached hydrogens (tertiary/aromatic N) is 2. The van der Waals surface area contributed by atoms with Gasteiger partial charge >= 0.3 is 5.69 Å². The maximum Gasteiger partial charge on any atom is 0.311 e. The number of pyridine rings is 1. The van der Waals surface area contributed by atoms with E-state index >= 15 is 0 Å². The molecule has 0 aromatic carbocycles. The van der Waals surface area contributed by atoms with Crippen molar-refractivity contribution in [3.8, 4) is 0 Å². The molecule has 6 heteroatoms. The zero-order valence-corrected chi connectivity index (χ0v) is 11.1. The highest BCUT2D eigenvalue weighted by molar-refractivity contribution is 5.56. The first-order valence-corrected chi connectivity index (χ1v) is 6.67. The Morgan fingerprint density at radius 3 is 3.05 bits per heavy atom. The van der Waals surface area contributed by atoms with Gasteiger partial charge in [0.2, 0.25) is 5.82 Å². The van der Waals surface area contributed by atoms with Crippen LogP contribution in [0.15, 0.2) is 18.3 Å². The van der Waals surface area contributed by atoms with Gasteiger partial charge in [0.25, 0.3) is 0 Å². The van der Waals surface area contributed by atoms with Gasteiger partial charge < -0.3 is 11.1 Å². The molecule has 0 amide bonds. The number of nitro groups is 1. The minimum Gasteiger partial charge on any atom is -0.357 e. The number of aromatic nitrogens is 1. The fraction of sp³-hybridized carbons (Fsp3) is 0.615. The van der Waals surface area contributed by atoms with Gasteiger partial charge in [0.1, 0.15) is 0 Å². The molecule has 1 aromatic heterocycles. The van der Waals surface area contributed by atoms with Crippen molar-refractivity contribution in [1.29, 1.82) is 0 Å². The van der Waals surface area contributed by atoms with Crippen LogP contribution < -0.4 is 11.1 Å². The molecule has 6 nitrogen and oxygen atoms in total. The Kier molecular flexibility index (Phi) is 3.99. The van der Waals surface area contributed by atoms with E-state index in [1.807, 2.05) is 0 Å². The molecule has 0 radical (unpaired) electrons.